The minimum atomic E-state index is -0.0149. The van der Waals surface area contributed by atoms with E-state index in [2.05, 4.69) is 14.9 Å². The van der Waals surface area contributed by atoms with Gasteiger partial charge >= 0.3 is 0 Å². The van der Waals surface area contributed by atoms with E-state index in [0.717, 1.165) is 29.2 Å². The van der Waals surface area contributed by atoms with Gasteiger partial charge in [0.2, 0.25) is 5.95 Å². The zero-order chi connectivity index (χ0) is 17.8. The molecule has 1 saturated heterocycles. The van der Waals surface area contributed by atoms with Crippen LogP contribution in [0.3, 0.4) is 0 Å². The molecule has 3 rings (SSSR count). The largest absolute Gasteiger partial charge is 0.484 e. The van der Waals surface area contributed by atoms with Crippen molar-refractivity contribution < 1.29 is 9.53 Å². The van der Waals surface area contributed by atoms with Crippen molar-refractivity contribution >= 4 is 23.5 Å². The molecule has 0 aliphatic carbocycles. The summed E-state index contributed by atoms with van der Waals surface area (Å²) in [5.74, 6) is 1.36. The Kier molecular flexibility index (Phi) is 5.38. The molecule has 1 aromatic carbocycles. The maximum Gasteiger partial charge on any atom is 0.260 e. The van der Waals surface area contributed by atoms with Crippen molar-refractivity contribution in [2.45, 2.75) is 13.8 Å². The molecule has 6 nitrogen and oxygen atoms in total. The number of benzene rings is 1. The Balaban J connectivity index is 1.51. The molecule has 0 saturated carbocycles. The number of hydrogen-bond acceptors (Lipinski definition) is 5. The van der Waals surface area contributed by atoms with Gasteiger partial charge < -0.3 is 14.5 Å². The van der Waals surface area contributed by atoms with Gasteiger partial charge in [0.1, 0.15) is 5.75 Å². The van der Waals surface area contributed by atoms with Crippen LogP contribution < -0.4 is 9.64 Å². The number of amides is 1. The summed E-state index contributed by atoms with van der Waals surface area (Å²) >= 11 is 6.15. The second-order valence-electron chi connectivity index (χ2n) is 6.08. The summed E-state index contributed by atoms with van der Waals surface area (Å²) in [7, 11) is 0. The molecule has 0 atom stereocenters. The Labute approximate surface area is 152 Å². The first kappa shape index (κ1) is 17.5. The lowest BCUT2D eigenvalue weighted by molar-refractivity contribution is -0.133. The fraction of sp³-hybridized carbons (Fsp3) is 0.389. The summed E-state index contributed by atoms with van der Waals surface area (Å²) < 4.78 is 5.66. The lowest BCUT2D eigenvalue weighted by Gasteiger charge is -2.34. The highest BCUT2D eigenvalue weighted by Crippen LogP contribution is 2.25. The third-order valence-corrected chi connectivity index (χ3v) is 4.84. The predicted molar refractivity (Wildman–Crippen MR) is 97.2 cm³/mol. The highest BCUT2D eigenvalue weighted by atomic mass is 35.5. The minimum Gasteiger partial charge on any atom is -0.484 e. The predicted octanol–water partition coefficient (Wildman–Crippen LogP) is 2.47. The number of hydrogen-bond donors (Lipinski definition) is 0. The van der Waals surface area contributed by atoms with Gasteiger partial charge in [0, 0.05) is 43.6 Å². The lowest BCUT2D eigenvalue weighted by atomic mass is 10.1. The Morgan fingerprint density at radius 3 is 2.32 bits per heavy atom. The van der Waals surface area contributed by atoms with Gasteiger partial charge in [-0.15, -0.1) is 0 Å². The molecule has 0 radical (unpaired) electrons. The third kappa shape index (κ3) is 4.20. The van der Waals surface area contributed by atoms with E-state index in [1.807, 2.05) is 30.9 Å². The van der Waals surface area contributed by atoms with Crippen LogP contribution in [0.1, 0.15) is 11.1 Å². The second kappa shape index (κ2) is 7.70. The monoisotopic (exact) mass is 360 g/mol. The Morgan fingerprint density at radius 2 is 1.72 bits per heavy atom. The van der Waals surface area contributed by atoms with Gasteiger partial charge in [0.25, 0.3) is 5.91 Å². The van der Waals surface area contributed by atoms with Crippen LogP contribution in [0.2, 0.25) is 5.02 Å². The fourth-order valence-electron chi connectivity index (χ4n) is 2.84. The first-order chi connectivity index (χ1) is 12.0. The zero-order valence-electron chi connectivity index (χ0n) is 14.4. The summed E-state index contributed by atoms with van der Waals surface area (Å²) in [5.41, 5.74) is 1.89. The molecule has 1 amide bonds. The molecule has 2 heterocycles. The van der Waals surface area contributed by atoms with E-state index in [1.54, 1.807) is 18.5 Å². The van der Waals surface area contributed by atoms with Crippen molar-refractivity contribution in [1.82, 2.24) is 14.9 Å². The maximum absolute atomic E-state index is 12.4. The number of aromatic nitrogens is 2. The highest BCUT2D eigenvalue weighted by molar-refractivity contribution is 6.32. The molecule has 132 valence electrons. The van der Waals surface area contributed by atoms with Crippen molar-refractivity contribution in [3.05, 3.63) is 46.7 Å². The van der Waals surface area contributed by atoms with Crippen molar-refractivity contribution in [3.63, 3.8) is 0 Å². The minimum absolute atomic E-state index is 0.0149. The third-order valence-electron chi connectivity index (χ3n) is 4.24. The molecule has 0 spiro atoms. The van der Waals surface area contributed by atoms with E-state index in [4.69, 9.17) is 16.3 Å². The number of carbonyl (C=O) groups excluding carboxylic acids is 1. The Morgan fingerprint density at radius 1 is 1.12 bits per heavy atom. The second-order valence-corrected chi connectivity index (χ2v) is 6.45. The molecule has 1 aliphatic heterocycles. The van der Waals surface area contributed by atoms with Gasteiger partial charge in [-0.05, 0) is 43.2 Å². The fourth-order valence-corrected chi connectivity index (χ4v) is 2.95. The molecule has 25 heavy (non-hydrogen) atoms. The van der Waals surface area contributed by atoms with Crippen LogP contribution in [0, 0.1) is 13.8 Å². The van der Waals surface area contributed by atoms with Crippen LogP contribution in [0.5, 0.6) is 5.75 Å². The van der Waals surface area contributed by atoms with E-state index in [9.17, 15) is 4.79 Å². The number of halogens is 1. The Hall–Kier alpha value is -2.34. The average Bonchev–Trinajstić information content (AvgIpc) is 2.65. The van der Waals surface area contributed by atoms with E-state index >= 15 is 0 Å². The summed E-state index contributed by atoms with van der Waals surface area (Å²) in [4.78, 5) is 24.8. The van der Waals surface area contributed by atoms with Crippen LogP contribution in [-0.4, -0.2) is 53.6 Å². The number of aryl methyl sites for hydroxylation is 2. The molecular formula is C18H21ClN4O2. The van der Waals surface area contributed by atoms with Crippen molar-refractivity contribution in [2.75, 3.05) is 37.7 Å². The number of rotatable bonds is 4. The molecular weight excluding hydrogens is 340 g/mol. The summed E-state index contributed by atoms with van der Waals surface area (Å²) in [6.07, 6.45) is 3.45. The van der Waals surface area contributed by atoms with Crippen LogP contribution in [-0.2, 0) is 4.79 Å². The van der Waals surface area contributed by atoms with E-state index in [1.165, 1.54) is 0 Å². The van der Waals surface area contributed by atoms with Crippen LogP contribution >= 0.6 is 11.6 Å². The van der Waals surface area contributed by atoms with E-state index in [-0.39, 0.29) is 12.5 Å². The first-order valence-electron chi connectivity index (χ1n) is 8.24. The summed E-state index contributed by atoms with van der Waals surface area (Å²) in [5, 5.41) is 0.734. The summed E-state index contributed by atoms with van der Waals surface area (Å²) in [6, 6.07) is 5.50. The molecule has 1 fully saturated rings. The van der Waals surface area contributed by atoms with Gasteiger partial charge in [-0.25, -0.2) is 9.97 Å². The normalized spacial score (nSPS) is 14.5. The highest BCUT2D eigenvalue weighted by Gasteiger charge is 2.22. The van der Waals surface area contributed by atoms with Crippen molar-refractivity contribution in [1.29, 1.82) is 0 Å². The number of nitrogens with zero attached hydrogens (tertiary/aromatic N) is 4. The molecule has 0 bridgehead atoms. The van der Waals surface area contributed by atoms with Crippen LogP contribution in [0.25, 0.3) is 0 Å². The zero-order valence-corrected chi connectivity index (χ0v) is 15.2. The lowest BCUT2D eigenvalue weighted by Crippen LogP contribution is -2.50. The van der Waals surface area contributed by atoms with Gasteiger partial charge in [0.05, 0.1) is 0 Å². The van der Waals surface area contributed by atoms with Gasteiger partial charge in [-0.2, -0.15) is 0 Å². The SMILES string of the molecule is Cc1cc(OCC(=O)N2CCN(c3ncccn3)CC2)cc(C)c1Cl. The van der Waals surface area contributed by atoms with Crippen LogP contribution in [0.15, 0.2) is 30.6 Å². The molecule has 0 N–H and O–H groups in total. The number of ether oxygens (including phenoxy) is 1. The topological polar surface area (TPSA) is 58.6 Å². The molecule has 2 aromatic rings. The van der Waals surface area contributed by atoms with Gasteiger partial charge in [-0.1, -0.05) is 11.6 Å². The Bertz CT molecular complexity index is 723. The smallest absolute Gasteiger partial charge is 0.260 e. The quantitative estimate of drug-likeness (QED) is 0.838. The van der Waals surface area contributed by atoms with Crippen molar-refractivity contribution in [2.24, 2.45) is 0 Å². The maximum atomic E-state index is 12.4. The average molecular weight is 361 g/mol. The van der Waals surface area contributed by atoms with E-state index in [0.29, 0.717) is 24.8 Å². The standard InChI is InChI=1S/C18H21ClN4O2/c1-13-10-15(11-14(2)17(13)19)25-12-16(24)22-6-8-23(9-7-22)18-20-4-3-5-21-18/h3-5,10-11H,6-9,12H2,1-2H3. The number of carbonyl (C=O) groups is 1. The van der Waals surface area contributed by atoms with E-state index < -0.39 is 0 Å². The first-order valence-corrected chi connectivity index (χ1v) is 8.61. The van der Waals surface area contributed by atoms with Crippen LogP contribution in [0.4, 0.5) is 5.95 Å². The number of piperazine rings is 1. The molecule has 7 heteroatoms. The van der Waals surface area contributed by atoms with Gasteiger partial charge in [0.15, 0.2) is 6.61 Å². The summed E-state index contributed by atoms with van der Waals surface area (Å²) in [6.45, 7) is 6.59. The molecule has 1 aliphatic rings. The van der Waals surface area contributed by atoms with Crippen molar-refractivity contribution in [3.8, 4) is 5.75 Å². The number of anilines is 1. The van der Waals surface area contributed by atoms with Gasteiger partial charge in [-0.3, -0.25) is 4.79 Å². The molecule has 0 unspecified atom stereocenters. The molecule has 1 aromatic heterocycles.